The van der Waals surface area contributed by atoms with Crippen LogP contribution in [0.2, 0.25) is 0 Å². The maximum Gasteiger partial charge on any atom is 3.00 e. The zero-order valence-electron chi connectivity index (χ0n) is 38.6. The van der Waals surface area contributed by atoms with Crippen LogP contribution >= 0.6 is 23.8 Å². The SMILES string of the molecule is [Cu+2].[Cu+2].[Cu+2].[Mo+3].[O-2].[S-2].[S-2].[S-2].[S-]c1ccccn1.c1ccc([PH+](c2ccccc2)c2ccccc2)cc1.c1ccc([PH+](c2ccccc2)c2ccccc2)cc1.c1ccc([PH+](c2ccccc2)c2ccccc2)cc1. The molecule has 9 aromatic carbocycles. The van der Waals surface area contributed by atoms with Crippen LogP contribution in [-0.4, -0.2) is 4.98 Å². The Labute approximate surface area is 504 Å². The van der Waals surface area contributed by atoms with Gasteiger partial charge in [-0.2, -0.15) is 0 Å². The van der Waals surface area contributed by atoms with Crippen LogP contribution in [0.5, 0.6) is 0 Å². The van der Waals surface area contributed by atoms with Crippen molar-refractivity contribution in [3.8, 4) is 0 Å². The number of rotatable bonds is 9. The van der Waals surface area contributed by atoms with E-state index in [0.29, 0.717) is 5.03 Å². The van der Waals surface area contributed by atoms with E-state index in [1.165, 1.54) is 47.7 Å². The topological polar surface area (TPSA) is 41.4 Å². The van der Waals surface area contributed by atoms with Gasteiger partial charge in [0, 0.05) is 6.20 Å². The fourth-order valence-corrected chi connectivity index (χ4v) is 15.2. The molecule has 10 rings (SSSR count). The van der Waals surface area contributed by atoms with E-state index in [4.69, 9.17) is 12.6 Å². The van der Waals surface area contributed by atoms with Gasteiger partial charge < -0.3 is 58.6 Å². The minimum absolute atomic E-state index is 0. The number of hydrogen-bond acceptors (Lipinski definition) is 2. The van der Waals surface area contributed by atoms with Crippen LogP contribution in [0.15, 0.2) is 302 Å². The average Bonchev–Trinajstić information content (AvgIpc) is 3.38. The first-order valence-electron chi connectivity index (χ1n) is 21.4. The molecule has 0 amide bonds. The van der Waals surface area contributed by atoms with Crippen molar-refractivity contribution in [2.24, 2.45) is 0 Å². The van der Waals surface area contributed by atoms with Gasteiger partial charge in [-0.1, -0.05) is 181 Å². The third-order valence-corrected chi connectivity index (χ3v) is 18.6. The fourth-order valence-electron chi connectivity index (χ4n) is 7.29. The molecule has 72 heavy (non-hydrogen) atoms. The van der Waals surface area contributed by atoms with Gasteiger partial charge in [-0.25, -0.2) is 0 Å². The van der Waals surface area contributed by atoms with Gasteiger partial charge in [0.05, 0.1) is 23.8 Å². The van der Waals surface area contributed by atoms with Crippen LogP contribution in [0, 0.1) is 0 Å². The van der Waals surface area contributed by atoms with Crippen molar-refractivity contribution in [3.63, 3.8) is 0 Å². The van der Waals surface area contributed by atoms with Crippen molar-refractivity contribution in [2.75, 3.05) is 0 Å². The van der Waals surface area contributed by atoms with E-state index in [2.05, 4.69) is 278 Å². The number of aromatic nitrogens is 1. The van der Waals surface area contributed by atoms with Gasteiger partial charge in [0.25, 0.3) is 0 Å². The summed E-state index contributed by atoms with van der Waals surface area (Å²) >= 11 is 4.70. The largest absolute Gasteiger partial charge is 3.00 e. The second-order valence-electron chi connectivity index (χ2n) is 14.6. The Hall–Kier alpha value is -3.10. The molecule has 0 aliphatic carbocycles. The molecule has 374 valence electrons. The van der Waals surface area contributed by atoms with Crippen LogP contribution in [0.4, 0.5) is 0 Å². The molecule has 0 atom stereocenters. The van der Waals surface area contributed by atoms with E-state index in [-0.39, 0.29) is 118 Å². The smallest absolute Gasteiger partial charge is 2.00 e. The molecule has 0 saturated carbocycles. The molecule has 0 unspecified atom stereocenters. The first-order valence-corrected chi connectivity index (χ1v) is 26.3. The van der Waals surface area contributed by atoms with E-state index in [0.717, 1.165) is 0 Å². The molecule has 0 aliphatic heterocycles. The summed E-state index contributed by atoms with van der Waals surface area (Å²) in [6, 6.07) is 103. The molecule has 0 N–H and O–H groups in total. The third kappa shape index (κ3) is 22.8. The molecular formula is C59H52Cu3MoNOP3S4+3. The molecule has 0 saturated heterocycles. The second-order valence-corrected chi connectivity index (χ2v) is 22.5. The molecule has 4 radical (unpaired) electrons. The summed E-state index contributed by atoms with van der Waals surface area (Å²) in [4.78, 5) is 3.79. The maximum absolute atomic E-state index is 4.70. The van der Waals surface area contributed by atoms with Gasteiger partial charge in [0.2, 0.25) is 0 Å². The first-order chi connectivity index (χ1) is 31.7. The Kier molecular flexibility index (Phi) is 40.6. The zero-order chi connectivity index (χ0) is 43.9. The number of pyridine rings is 1. The van der Waals surface area contributed by atoms with Crippen LogP contribution < -0.4 is 47.7 Å². The number of benzene rings is 9. The van der Waals surface area contributed by atoms with Gasteiger partial charge in [0.15, 0.2) is 0 Å². The van der Waals surface area contributed by atoms with E-state index >= 15 is 0 Å². The first kappa shape index (κ1) is 71.0. The summed E-state index contributed by atoms with van der Waals surface area (Å²) in [6.45, 7) is 0. The summed E-state index contributed by atoms with van der Waals surface area (Å²) in [5.41, 5.74) is 0. The van der Waals surface area contributed by atoms with Crippen molar-refractivity contribution in [2.45, 2.75) is 5.03 Å². The average molecular weight is 1300 g/mol. The Morgan fingerprint density at radius 3 is 0.472 bits per heavy atom. The monoisotopic (exact) mass is 1300 g/mol. The van der Waals surface area contributed by atoms with E-state index in [1.807, 2.05) is 12.1 Å². The zero-order valence-corrected chi connectivity index (χ0v) is 49.7. The third-order valence-electron chi connectivity index (χ3n) is 10.2. The number of nitrogens with zero attached hydrogens (tertiary/aromatic N) is 1. The molecule has 13 heteroatoms. The quantitative estimate of drug-likeness (QED) is 0.0821. The van der Waals surface area contributed by atoms with Gasteiger partial charge in [-0.3, -0.25) is 4.98 Å². The second kappa shape index (κ2) is 41.2. The van der Waals surface area contributed by atoms with E-state index in [9.17, 15) is 0 Å². The molecule has 0 aliphatic rings. The summed E-state index contributed by atoms with van der Waals surface area (Å²) in [5.74, 6) is 0. The Morgan fingerprint density at radius 2 is 0.375 bits per heavy atom. The number of hydrogen-bond donors (Lipinski definition) is 0. The Bertz CT molecular complexity index is 2220. The summed E-state index contributed by atoms with van der Waals surface area (Å²) in [5, 5.41) is 13.6. The van der Waals surface area contributed by atoms with Gasteiger partial charge in [0.1, 0.15) is 47.7 Å². The predicted octanol–water partition coefficient (Wildman–Crippen LogP) is 10.4. The standard InChI is InChI=1S/3C18H15P.C5H5NS.3Cu.Mo.O.3S/c3*1-4-10-16(11-5-1)19(17-12-6-2-7-13-17)18-14-8-3-9-15-18;7-5-3-1-2-4-6-5;;;;;;;;/h3*1-15H;1-4H,(H,6,7);;;;;;;;/q;;;;3*+2;+3;4*-2/p+2. The summed E-state index contributed by atoms with van der Waals surface area (Å²) in [6.07, 6.45) is 1.68. The molecule has 2 nitrogen and oxygen atoms in total. The molecule has 0 spiro atoms. The molecule has 0 fully saturated rings. The van der Waals surface area contributed by atoms with Crippen molar-refractivity contribution < 1.29 is 77.7 Å². The minimum Gasteiger partial charge on any atom is -2.00 e. The molecule has 1 aromatic heterocycles. The van der Waals surface area contributed by atoms with Crippen molar-refractivity contribution >= 4 is 125 Å². The van der Waals surface area contributed by atoms with Crippen LogP contribution in [0.1, 0.15) is 0 Å². The van der Waals surface area contributed by atoms with Gasteiger partial charge in [-0.05, 0) is 115 Å². The molecular weight excluding hydrogens is 1250 g/mol. The normalized spacial score (nSPS) is 9.21. The molecule has 10 aromatic rings. The predicted molar refractivity (Wildman–Crippen MR) is 312 cm³/mol. The van der Waals surface area contributed by atoms with Crippen LogP contribution in [0.3, 0.4) is 0 Å². The molecule has 0 bridgehead atoms. The van der Waals surface area contributed by atoms with Gasteiger partial charge >= 0.3 is 72.3 Å². The van der Waals surface area contributed by atoms with Crippen molar-refractivity contribution in [1.82, 2.24) is 4.98 Å². The Balaban J connectivity index is 0. The fraction of sp³-hybridized carbons (Fsp3) is 0. The molecule has 1 heterocycles. The van der Waals surface area contributed by atoms with Gasteiger partial charge in [-0.15, -0.1) is 0 Å². The van der Waals surface area contributed by atoms with Crippen molar-refractivity contribution in [3.05, 3.63) is 297 Å². The summed E-state index contributed by atoms with van der Waals surface area (Å²) in [7, 11) is -2.63. The Morgan fingerprint density at radius 1 is 0.236 bits per heavy atom. The van der Waals surface area contributed by atoms with Crippen LogP contribution in [-0.2, 0) is 131 Å². The van der Waals surface area contributed by atoms with Crippen molar-refractivity contribution in [1.29, 1.82) is 0 Å². The van der Waals surface area contributed by atoms with E-state index < -0.39 is 23.8 Å². The summed E-state index contributed by atoms with van der Waals surface area (Å²) < 4.78 is 0. The van der Waals surface area contributed by atoms with Crippen LogP contribution in [0.25, 0.3) is 0 Å². The van der Waals surface area contributed by atoms with E-state index in [1.54, 1.807) is 12.3 Å². The maximum atomic E-state index is 4.70. The minimum atomic E-state index is -0.877.